The molecule has 0 radical (unpaired) electrons. The first-order valence-electron chi connectivity index (χ1n) is 7.32. The van der Waals surface area contributed by atoms with Gasteiger partial charge < -0.3 is 15.2 Å². The molecule has 1 fully saturated rings. The average Bonchev–Trinajstić information content (AvgIpc) is 3.04. The zero-order chi connectivity index (χ0) is 15.9. The molecule has 2 aromatic rings. The molecule has 0 aromatic carbocycles. The van der Waals surface area contributed by atoms with Crippen molar-refractivity contribution in [1.82, 2.24) is 20.0 Å². The highest BCUT2D eigenvalue weighted by molar-refractivity contribution is 5.96. The van der Waals surface area contributed by atoms with Gasteiger partial charge in [0.2, 0.25) is 0 Å². The fourth-order valence-electron chi connectivity index (χ4n) is 3.03. The summed E-state index contributed by atoms with van der Waals surface area (Å²) in [6, 6.07) is 1.67. The Bertz CT molecular complexity index is 685. The summed E-state index contributed by atoms with van der Waals surface area (Å²) in [4.78, 5) is 23.2. The minimum Gasteiger partial charge on any atom is -0.384 e. The van der Waals surface area contributed by atoms with Crippen molar-refractivity contribution in [3.05, 3.63) is 34.6 Å². The molecule has 1 aliphatic rings. The Morgan fingerprint density at radius 1 is 1.36 bits per heavy atom. The summed E-state index contributed by atoms with van der Waals surface area (Å²) in [5, 5.41) is 3.87. The van der Waals surface area contributed by atoms with E-state index < -0.39 is 0 Å². The summed E-state index contributed by atoms with van der Waals surface area (Å²) in [7, 11) is 0. The van der Waals surface area contributed by atoms with E-state index >= 15 is 0 Å². The van der Waals surface area contributed by atoms with Crippen molar-refractivity contribution in [3.8, 4) is 0 Å². The smallest absolute Gasteiger partial charge is 0.259 e. The predicted octanol–water partition coefficient (Wildman–Crippen LogP) is 1.95. The van der Waals surface area contributed by atoms with E-state index in [1.54, 1.807) is 26.8 Å². The molecule has 7 heteroatoms. The largest absolute Gasteiger partial charge is 0.384 e. The maximum atomic E-state index is 12.9. The molecule has 7 nitrogen and oxygen atoms in total. The Morgan fingerprint density at radius 3 is 2.77 bits per heavy atom. The first-order chi connectivity index (χ1) is 10.5. The Balaban J connectivity index is 1.95. The van der Waals surface area contributed by atoms with Crippen LogP contribution in [0, 0.1) is 20.8 Å². The molecule has 1 amide bonds. The third-order valence-corrected chi connectivity index (χ3v) is 3.98. The maximum Gasteiger partial charge on any atom is 0.259 e. The standard InChI is InChI=1S/C15H19N5O2/c1-8-14(9(2)22-19-8)15(21)20-6-4-5-12(20)11-7-13(16)18-10(3)17-11/h7,12H,4-6H2,1-3H3,(H2,16,17,18)/t12-/m1/s1. The summed E-state index contributed by atoms with van der Waals surface area (Å²) in [5.41, 5.74) is 7.77. The molecular weight excluding hydrogens is 282 g/mol. The number of likely N-dealkylation sites (tertiary alicyclic amines) is 1. The first-order valence-corrected chi connectivity index (χ1v) is 7.32. The summed E-state index contributed by atoms with van der Waals surface area (Å²) < 4.78 is 5.11. The summed E-state index contributed by atoms with van der Waals surface area (Å²) >= 11 is 0. The molecule has 3 heterocycles. The molecule has 3 rings (SSSR count). The lowest BCUT2D eigenvalue weighted by Gasteiger charge is -2.24. The van der Waals surface area contributed by atoms with Gasteiger partial charge in [-0.2, -0.15) is 0 Å². The van der Waals surface area contributed by atoms with Crippen molar-refractivity contribution < 1.29 is 9.32 Å². The van der Waals surface area contributed by atoms with Crippen LogP contribution in [0.25, 0.3) is 0 Å². The van der Waals surface area contributed by atoms with E-state index in [-0.39, 0.29) is 11.9 Å². The predicted molar refractivity (Wildman–Crippen MR) is 80.2 cm³/mol. The monoisotopic (exact) mass is 301 g/mol. The van der Waals surface area contributed by atoms with Gasteiger partial charge in [0.25, 0.3) is 5.91 Å². The quantitative estimate of drug-likeness (QED) is 0.910. The number of hydrogen-bond donors (Lipinski definition) is 1. The van der Waals surface area contributed by atoms with Crippen LogP contribution in [0.4, 0.5) is 5.82 Å². The lowest BCUT2D eigenvalue weighted by molar-refractivity contribution is 0.0730. The number of nitrogen functional groups attached to an aromatic ring is 1. The van der Waals surface area contributed by atoms with Gasteiger partial charge in [0.1, 0.15) is 23.0 Å². The van der Waals surface area contributed by atoms with E-state index in [0.717, 1.165) is 18.5 Å². The lowest BCUT2D eigenvalue weighted by Crippen LogP contribution is -2.31. The van der Waals surface area contributed by atoms with Crippen LogP contribution in [0.1, 0.15) is 52.2 Å². The topological polar surface area (TPSA) is 98.1 Å². The molecule has 22 heavy (non-hydrogen) atoms. The molecule has 0 spiro atoms. The number of anilines is 1. The first kappa shape index (κ1) is 14.5. The molecule has 0 aliphatic carbocycles. The third kappa shape index (κ3) is 2.43. The Morgan fingerprint density at radius 2 is 2.14 bits per heavy atom. The van der Waals surface area contributed by atoms with Gasteiger partial charge in [-0.15, -0.1) is 0 Å². The molecule has 1 aliphatic heterocycles. The minimum absolute atomic E-state index is 0.0615. The van der Waals surface area contributed by atoms with Crippen molar-refractivity contribution in [1.29, 1.82) is 0 Å². The molecule has 1 atom stereocenters. The van der Waals surface area contributed by atoms with Gasteiger partial charge >= 0.3 is 0 Å². The van der Waals surface area contributed by atoms with Crippen LogP contribution in [0.3, 0.4) is 0 Å². The molecule has 116 valence electrons. The second kappa shape index (κ2) is 5.40. The summed E-state index contributed by atoms with van der Waals surface area (Å²) in [6.07, 6.45) is 1.80. The molecule has 1 saturated heterocycles. The molecule has 2 aromatic heterocycles. The number of carbonyl (C=O) groups excluding carboxylic acids is 1. The van der Waals surface area contributed by atoms with E-state index in [0.29, 0.717) is 35.2 Å². The average molecular weight is 301 g/mol. The van der Waals surface area contributed by atoms with Crippen LogP contribution in [-0.2, 0) is 0 Å². The minimum atomic E-state index is -0.0785. The van der Waals surface area contributed by atoms with Gasteiger partial charge in [0.05, 0.1) is 17.4 Å². The highest BCUT2D eigenvalue weighted by atomic mass is 16.5. The van der Waals surface area contributed by atoms with Crippen molar-refractivity contribution in [2.75, 3.05) is 12.3 Å². The number of aromatic nitrogens is 3. The number of amides is 1. The van der Waals surface area contributed by atoms with E-state index in [9.17, 15) is 4.79 Å². The van der Waals surface area contributed by atoms with Gasteiger partial charge in [-0.25, -0.2) is 9.97 Å². The van der Waals surface area contributed by atoms with E-state index in [1.807, 2.05) is 4.90 Å². The van der Waals surface area contributed by atoms with Gasteiger partial charge in [-0.1, -0.05) is 5.16 Å². The van der Waals surface area contributed by atoms with Crippen LogP contribution in [0.5, 0.6) is 0 Å². The highest BCUT2D eigenvalue weighted by Crippen LogP contribution is 2.33. The second-order valence-electron chi connectivity index (χ2n) is 5.62. The summed E-state index contributed by atoms with van der Waals surface area (Å²) in [6.45, 7) is 6.03. The molecular formula is C15H19N5O2. The number of carbonyl (C=O) groups is 1. The second-order valence-corrected chi connectivity index (χ2v) is 5.62. The van der Waals surface area contributed by atoms with Crippen LogP contribution in [-0.4, -0.2) is 32.5 Å². The van der Waals surface area contributed by atoms with Crippen molar-refractivity contribution in [2.45, 2.75) is 39.7 Å². The zero-order valence-corrected chi connectivity index (χ0v) is 13.0. The van der Waals surface area contributed by atoms with Crippen molar-refractivity contribution in [2.24, 2.45) is 0 Å². The third-order valence-electron chi connectivity index (χ3n) is 3.98. The molecule has 0 bridgehead atoms. The van der Waals surface area contributed by atoms with E-state index in [4.69, 9.17) is 10.3 Å². The number of hydrogen-bond acceptors (Lipinski definition) is 6. The highest BCUT2D eigenvalue weighted by Gasteiger charge is 2.34. The van der Waals surface area contributed by atoms with Gasteiger partial charge in [-0.3, -0.25) is 4.79 Å². The normalized spacial score (nSPS) is 18.0. The van der Waals surface area contributed by atoms with Gasteiger partial charge in [0.15, 0.2) is 0 Å². The molecule has 0 unspecified atom stereocenters. The Labute approximate surface area is 128 Å². The number of rotatable bonds is 2. The molecule has 2 N–H and O–H groups in total. The Kier molecular flexibility index (Phi) is 3.56. The summed E-state index contributed by atoms with van der Waals surface area (Å²) in [5.74, 6) is 1.53. The van der Waals surface area contributed by atoms with Crippen molar-refractivity contribution in [3.63, 3.8) is 0 Å². The SMILES string of the molecule is Cc1nc(N)cc([C@H]2CCCN2C(=O)c2c(C)noc2C)n1. The number of nitrogens with two attached hydrogens (primary N) is 1. The number of aryl methyl sites for hydroxylation is 3. The van der Waals surface area contributed by atoms with Gasteiger partial charge in [0, 0.05) is 12.6 Å². The van der Waals surface area contributed by atoms with Crippen LogP contribution in [0.2, 0.25) is 0 Å². The van der Waals surface area contributed by atoms with Crippen molar-refractivity contribution >= 4 is 11.7 Å². The Hall–Kier alpha value is -2.44. The molecule has 0 saturated carbocycles. The fraction of sp³-hybridized carbons (Fsp3) is 0.467. The van der Waals surface area contributed by atoms with E-state index in [1.165, 1.54) is 0 Å². The fourth-order valence-corrected chi connectivity index (χ4v) is 3.03. The lowest BCUT2D eigenvalue weighted by atomic mass is 10.1. The van der Waals surface area contributed by atoms with Crippen LogP contribution in [0.15, 0.2) is 10.6 Å². The van der Waals surface area contributed by atoms with Crippen LogP contribution < -0.4 is 5.73 Å². The zero-order valence-electron chi connectivity index (χ0n) is 13.0. The van der Waals surface area contributed by atoms with Crippen LogP contribution >= 0.6 is 0 Å². The number of nitrogens with zero attached hydrogens (tertiary/aromatic N) is 4. The van der Waals surface area contributed by atoms with Gasteiger partial charge in [-0.05, 0) is 33.6 Å². The maximum absolute atomic E-state index is 12.9. The van der Waals surface area contributed by atoms with E-state index in [2.05, 4.69) is 15.1 Å².